The molecule has 1 aromatic heterocycles. The number of nitrogens with zero attached hydrogens (tertiary/aromatic N) is 1. The summed E-state index contributed by atoms with van der Waals surface area (Å²) in [7, 11) is 4.40. The highest BCUT2D eigenvalue weighted by Gasteiger charge is 2.39. The van der Waals surface area contributed by atoms with Crippen LogP contribution in [0.3, 0.4) is 0 Å². The first kappa shape index (κ1) is 13.5. The van der Waals surface area contributed by atoms with Crippen LogP contribution in [0, 0.1) is 18.8 Å². The van der Waals surface area contributed by atoms with Crippen LogP contribution in [0.4, 0.5) is 0 Å². The molecule has 4 rings (SSSR count). The van der Waals surface area contributed by atoms with Crippen LogP contribution in [0.1, 0.15) is 29.7 Å². The summed E-state index contributed by atoms with van der Waals surface area (Å²) in [4.78, 5) is 3.77. The van der Waals surface area contributed by atoms with Crippen molar-refractivity contribution in [2.75, 3.05) is 20.6 Å². The lowest BCUT2D eigenvalue weighted by Gasteiger charge is -2.23. The fourth-order valence-corrected chi connectivity index (χ4v) is 5.43. The summed E-state index contributed by atoms with van der Waals surface area (Å²) < 4.78 is 1.51. The number of hydrogen-bond donors (Lipinski definition) is 0. The first-order chi connectivity index (χ1) is 10.1. The average Bonchev–Trinajstić information content (AvgIpc) is 3.10. The van der Waals surface area contributed by atoms with Crippen LogP contribution in [0.2, 0.25) is 0 Å². The number of fused-ring (bicyclic) bond motifs is 3. The maximum atomic E-state index is 2.37. The number of benzene rings is 1. The van der Waals surface area contributed by atoms with Crippen molar-refractivity contribution in [2.45, 2.75) is 26.2 Å². The van der Waals surface area contributed by atoms with Crippen molar-refractivity contribution in [3.05, 3.63) is 40.3 Å². The smallest absolute Gasteiger partial charge is 0.0420 e. The SMILES string of the molecule is Cc1cc2cccc(C3=C(CN(C)C)C4CCC3C4)c2s1. The number of hydrogen-bond acceptors (Lipinski definition) is 2. The number of likely N-dealkylation sites (N-methyl/N-ethyl adjacent to an activating group) is 1. The Balaban J connectivity index is 1.91. The van der Waals surface area contributed by atoms with Gasteiger partial charge in [-0.1, -0.05) is 18.2 Å². The number of aryl methyl sites for hydroxylation is 1. The van der Waals surface area contributed by atoms with E-state index in [1.807, 2.05) is 11.3 Å². The zero-order chi connectivity index (χ0) is 14.6. The molecule has 0 spiro atoms. The van der Waals surface area contributed by atoms with Crippen LogP contribution in [0.25, 0.3) is 15.7 Å². The molecular weight excluding hydrogens is 274 g/mol. The van der Waals surface area contributed by atoms with E-state index in [0.29, 0.717) is 0 Å². The van der Waals surface area contributed by atoms with Gasteiger partial charge in [0.1, 0.15) is 0 Å². The summed E-state index contributed by atoms with van der Waals surface area (Å²) in [6.45, 7) is 3.36. The molecule has 2 bridgehead atoms. The molecule has 110 valence electrons. The highest BCUT2D eigenvalue weighted by Crippen LogP contribution is 2.53. The van der Waals surface area contributed by atoms with Gasteiger partial charge < -0.3 is 4.90 Å². The molecule has 1 aromatic carbocycles. The molecule has 2 aromatic rings. The lowest BCUT2D eigenvalue weighted by molar-refractivity contribution is 0.423. The molecule has 1 heterocycles. The molecule has 2 atom stereocenters. The van der Waals surface area contributed by atoms with E-state index in [9.17, 15) is 0 Å². The fraction of sp³-hybridized carbons (Fsp3) is 0.474. The maximum Gasteiger partial charge on any atom is 0.0420 e. The summed E-state index contributed by atoms with van der Waals surface area (Å²) in [6.07, 6.45) is 4.22. The lowest BCUT2D eigenvalue weighted by atomic mass is 9.86. The van der Waals surface area contributed by atoms with Crippen molar-refractivity contribution in [1.29, 1.82) is 0 Å². The summed E-state index contributed by atoms with van der Waals surface area (Å²) in [5, 5.41) is 1.43. The van der Waals surface area contributed by atoms with Gasteiger partial charge in [-0.15, -0.1) is 11.3 Å². The van der Waals surface area contributed by atoms with E-state index in [2.05, 4.69) is 50.2 Å². The summed E-state index contributed by atoms with van der Waals surface area (Å²) >= 11 is 1.97. The topological polar surface area (TPSA) is 3.24 Å². The molecule has 2 heteroatoms. The van der Waals surface area contributed by atoms with Crippen molar-refractivity contribution >= 4 is 27.0 Å². The monoisotopic (exact) mass is 297 g/mol. The molecular formula is C19H23NS. The van der Waals surface area contributed by atoms with E-state index >= 15 is 0 Å². The molecule has 0 amide bonds. The molecule has 1 fully saturated rings. The van der Waals surface area contributed by atoms with Crippen LogP contribution < -0.4 is 0 Å². The minimum absolute atomic E-state index is 0.818. The Morgan fingerprint density at radius 1 is 1.19 bits per heavy atom. The van der Waals surface area contributed by atoms with E-state index in [1.54, 1.807) is 11.1 Å². The highest BCUT2D eigenvalue weighted by molar-refractivity contribution is 7.19. The van der Waals surface area contributed by atoms with Crippen molar-refractivity contribution in [2.24, 2.45) is 11.8 Å². The van der Waals surface area contributed by atoms with Gasteiger partial charge in [-0.25, -0.2) is 0 Å². The molecule has 0 N–H and O–H groups in total. The van der Waals surface area contributed by atoms with Crippen molar-refractivity contribution in [1.82, 2.24) is 4.90 Å². The number of thiophene rings is 1. The van der Waals surface area contributed by atoms with Crippen molar-refractivity contribution in [3.8, 4) is 0 Å². The average molecular weight is 297 g/mol. The third-order valence-electron chi connectivity index (χ3n) is 5.12. The van der Waals surface area contributed by atoms with Gasteiger partial charge in [0.2, 0.25) is 0 Å². The summed E-state index contributed by atoms with van der Waals surface area (Å²) in [5.41, 5.74) is 4.97. The van der Waals surface area contributed by atoms with Gasteiger partial charge in [-0.3, -0.25) is 0 Å². The van der Waals surface area contributed by atoms with Gasteiger partial charge in [-0.05, 0) is 80.3 Å². The fourth-order valence-electron chi connectivity index (χ4n) is 4.39. The van der Waals surface area contributed by atoms with E-state index in [4.69, 9.17) is 0 Å². The zero-order valence-corrected chi connectivity index (χ0v) is 14.0. The Morgan fingerprint density at radius 2 is 2.00 bits per heavy atom. The second kappa shape index (κ2) is 4.96. The van der Waals surface area contributed by atoms with Crippen LogP contribution >= 0.6 is 11.3 Å². The Labute approximate surface area is 131 Å². The minimum atomic E-state index is 0.818. The second-order valence-corrected chi connectivity index (χ2v) is 8.22. The second-order valence-electron chi connectivity index (χ2n) is 6.96. The van der Waals surface area contributed by atoms with Crippen LogP contribution in [0.5, 0.6) is 0 Å². The van der Waals surface area contributed by atoms with Gasteiger partial charge in [0.05, 0.1) is 0 Å². The number of rotatable bonds is 3. The maximum absolute atomic E-state index is 2.37. The van der Waals surface area contributed by atoms with Gasteiger partial charge in [0.15, 0.2) is 0 Å². The molecule has 1 nitrogen and oxygen atoms in total. The van der Waals surface area contributed by atoms with Gasteiger partial charge in [0.25, 0.3) is 0 Å². The Bertz CT molecular complexity index is 722. The molecule has 2 aliphatic rings. The summed E-state index contributed by atoms with van der Waals surface area (Å²) in [5.74, 6) is 1.67. The van der Waals surface area contributed by atoms with Crippen LogP contribution in [0.15, 0.2) is 29.8 Å². The van der Waals surface area contributed by atoms with Gasteiger partial charge >= 0.3 is 0 Å². The third-order valence-corrected chi connectivity index (χ3v) is 6.22. The molecule has 2 aliphatic carbocycles. The van der Waals surface area contributed by atoms with Crippen LogP contribution in [-0.4, -0.2) is 25.5 Å². The predicted octanol–water partition coefficient (Wildman–Crippen LogP) is 4.95. The largest absolute Gasteiger partial charge is 0.305 e. The van der Waals surface area contributed by atoms with Crippen molar-refractivity contribution < 1.29 is 0 Å². The number of allylic oxidation sites excluding steroid dienone is 1. The molecule has 1 saturated carbocycles. The first-order valence-corrected chi connectivity index (χ1v) is 8.82. The molecule has 0 aliphatic heterocycles. The third kappa shape index (κ3) is 2.16. The van der Waals surface area contributed by atoms with Gasteiger partial charge in [0, 0.05) is 16.1 Å². The minimum Gasteiger partial charge on any atom is -0.305 e. The van der Waals surface area contributed by atoms with E-state index in [1.165, 1.54) is 39.8 Å². The lowest BCUT2D eigenvalue weighted by Crippen LogP contribution is -2.19. The molecule has 0 radical (unpaired) electrons. The summed E-state index contributed by atoms with van der Waals surface area (Å²) in [6, 6.07) is 9.21. The van der Waals surface area contributed by atoms with E-state index in [-0.39, 0.29) is 0 Å². The quantitative estimate of drug-likeness (QED) is 0.774. The van der Waals surface area contributed by atoms with Crippen molar-refractivity contribution in [3.63, 3.8) is 0 Å². The van der Waals surface area contributed by atoms with E-state index < -0.39 is 0 Å². The predicted molar refractivity (Wildman–Crippen MR) is 92.9 cm³/mol. The molecule has 2 unspecified atom stereocenters. The highest BCUT2D eigenvalue weighted by atomic mass is 32.1. The molecule has 21 heavy (non-hydrogen) atoms. The Morgan fingerprint density at radius 3 is 2.81 bits per heavy atom. The van der Waals surface area contributed by atoms with Crippen LogP contribution in [-0.2, 0) is 0 Å². The zero-order valence-electron chi connectivity index (χ0n) is 13.1. The molecule has 0 saturated heterocycles. The normalized spacial score (nSPS) is 24.8. The standard InChI is InChI=1S/C19H23NS/c1-12-9-15-5-4-6-16(19(15)21-12)18-14-8-7-13(10-14)17(18)11-20(2)3/h4-6,9,13-14H,7-8,10-11H2,1-3H3. The Hall–Kier alpha value is -1.12. The van der Waals surface area contributed by atoms with E-state index in [0.717, 1.165) is 18.4 Å². The first-order valence-electron chi connectivity index (χ1n) is 8.00. The Kier molecular flexibility index (Phi) is 3.20. The van der Waals surface area contributed by atoms with Gasteiger partial charge in [-0.2, -0.15) is 0 Å².